The summed E-state index contributed by atoms with van der Waals surface area (Å²) in [6, 6.07) is -0.538. The Bertz CT molecular complexity index is 1390. The van der Waals surface area contributed by atoms with Crippen LogP contribution in [0.3, 0.4) is 0 Å². The lowest BCUT2D eigenvalue weighted by Gasteiger charge is -2.22. The molecule has 0 aromatic carbocycles. The Kier molecular flexibility index (Phi) is 83.3. The van der Waals surface area contributed by atoms with Gasteiger partial charge in [0.1, 0.15) is 0 Å². The van der Waals surface area contributed by atoms with Crippen molar-refractivity contribution in [2.45, 2.75) is 540 Å². The zero-order chi connectivity index (χ0) is 67.7. The van der Waals surface area contributed by atoms with E-state index >= 15 is 0 Å². The van der Waals surface area contributed by atoms with Gasteiger partial charge in [0.2, 0.25) is 5.91 Å². The van der Waals surface area contributed by atoms with Crippen molar-refractivity contribution in [3.8, 4) is 0 Å². The molecule has 562 valence electrons. The van der Waals surface area contributed by atoms with Crippen molar-refractivity contribution < 1.29 is 24.5 Å². The molecule has 0 aliphatic heterocycles. The molecular formula is C88H175NO5. The largest absolute Gasteiger partial charge is 0.466 e. The van der Waals surface area contributed by atoms with Crippen molar-refractivity contribution in [3.63, 3.8) is 0 Å². The number of amides is 1. The Morgan fingerprint density at radius 3 is 0.649 bits per heavy atom. The fraction of sp³-hybridized carbons (Fsp3) is 0.977. The Morgan fingerprint density at radius 1 is 0.255 bits per heavy atom. The molecule has 0 spiro atoms. The summed E-state index contributed by atoms with van der Waals surface area (Å²) in [5.41, 5.74) is 0. The number of unbranched alkanes of at least 4 members (excludes halogenated alkanes) is 74. The van der Waals surface area contributed by atoms with E-state index in [9.17, 15) is 19.8 Å². The van der Waals surface area contributed by atoms with Crippen LogP contribution in [-0.4, -0.2) is 47.4 Å². The summed E-state index contributed by atoms with van der Waals surface area (Å²) >= 11 is 0. The molecule has 2 atom stereocenters. The average molecular weight is 1330 g/mol. The molecule has 2 unspecified atom stereocenters. The van der Waals surface area contributed by atoms with Crippen LogP contribution in [0.25, 0.3) is 0 Å². The first-order valence-electron chi connectivity index (χ1n) is 44.3. The highest BCUT2D eigenvalue weighted by Gasteiger charge is 2.20. The minimum atomic E-state index is -0.661. The lowest BCUT2D eigenvalue weighted by Crippen LogP contribution is -2.45. The van der Waals surface area contributed by atoms with E-state index in [4.69, 9.17) is 4.74 Å². The van der Waals surface area contributed by atoms with Gasteiger partial charge in [0.25, 0.3) is 0 Å². The molecule has 0 aromatic heterocycles. The second-order valence-corrected chi connectivity index (χ2v) is 30.9. The van der Waals surface area contributed by atoms with Crippen molar-refractivity contribution >= 4 is 11.9 Å². The first kappa shape index (κ1) is 92.9. The minimum Gasteiger partial charge on any atom is -0.466 e. The monoisotopic (exact) mass is 1330 g/mol. The molecule has 1 amide bonds. The molecule has 6 heteroatoms. The van der Waals surface area contributed by atoms with Crippen LogP contribution in [0.5, 0.6) is 0 Å². The second kappa shape index (κ2) is 84.3. The van der Waals surface area contributed by atoms with E-state index in [0.717, 1.165) is 38.5 Å². The molecule has 0 aliphatic rings. The van der Waals surface area contributed by atoms with Gasteiger partial charge in [-0.3, -0.25) is 9.59 Å². The van der Waals surface area contributed by atoms with Crippen LogP contribution in [0, 0.1) is 0 Å². The van der Waals surface area contributed by atoms with Gasteiger partial charge in [-0.2, -0.15) is 0 Å². The third-order valence-corrected chi connectivity index (χ3v) is 21.4. The van der Waals surface area contributed by atoms with E-state index in [1.807, 2.05) is 0 Å². The number of nitrogens with one attached hydrogen (secondary N) is 1. The predicted molar refractivity (Wildman–Crippen MR) is 417 cm³/mol. The highest BCUT2D eigenvalue weighted by Crippen LogP contribution is 2.22. The smallest absolute Gasteiger partial charge is 0.305 e. The number of hydrogen-bond donors (Lipinski definition) is 3. The van der Waals surface area contributed by atoms with E-state index in [1.165, 1.54) is 456 Å². The molecule has 94 heavy (non-hydrogen) atoms. The number of carbonyl (C=O) groups excluding carboxylic acids is 2. The second-order valence-electron chi connectivity index (χ2n) is 30.9. The van der Waals surface area contributed by atoms with Gasteiger partial charge in [-0.15, -0.1) is 0 Å². The molecule has 0 rings (SSSR count). The zero-order valence-corrected chi connectivity index (χ0v) is 64.8. The molecule has 0 saturated heterocycles. The van der Waals surface area contributed by atoms with E-state index in [-0.39, 0.29) is 18.5 Å². The topological polar surface area (TPSA) is 95.9 Å². The fourth-order valence-electron chi connectivity index (χ4n) is 14.7. The fourth-order valence-corrected chi connectivity index (χ4v) is 14.7. The van der Waals surface area contributed by atoms with Gasteiger partial charge in [-0.05, 0) is 25.7 Å². The number of aliphatic hydroxyl groups is 2. The quantitative estimate of drug-likeness (QED) is 0.0417. The van der Waals surface area contributed by atoms with E-state index < -0.39 is 12.1 Å². The van der Waals surface area contributed by atoms with Crippen LogP contribution in [-0.2, 0) is 14.3 Å². The predicted octanol–water partition coefficient (Wildman–Crippen LogP) is 29.6. The molecule has 0 fully saturated rings. The van der Waals surface area contributed by atoms with Gasteiger partial charge >= 0.3 is 5.97 Å². The number of aliphatic hydroxyl groups excluding tert-OH is 2. The molecule has 0 aliphatic carbocycles. The molecule has 0 heterocycles. The zero-order valence-electron chi connectivity index (χ0n) is 64.8. The Labute approximate surface area is 591 Å². The van der Waals surface area contributed by atoms with Gasteiger partial charge < -0.3 is 20.3 Å². The number of hydrogen-bond acceptors (Lipinski definition) is 5. The highest BCUT2D eigenvalue weighted by molar-refractivity contribution is 5.76. The van der Waals surface area contributed by atoms with Crippen molar-refractivity contribution in [2.24, 2.45) is 0 Å². The summed E-state index contributed by atoms with van der Waals surface area (Å²) in [4.78, 5) is 24.7. The molecule has 0 radical (unpaired) electrons. The Morgan fingerprint density at radius 2 is 0.436 bits per heavy atom. The average Bonchev–Trinajstić information content (AvgIpc) is 3.74. The van der Waals surface area contributed by atoms with Crippen LogP contribution in [0.4, 0.5) is 0 Å². The molecule has 0 aromatic rings. The first-order chi connectivity index (χ1) is 46.5. The number of rotatable bonds is 85. The van der Waals surface area contributed by atoms with Crippen LogP contribution < -0.4 is 5.32 Å². The van der Waals surface area contributed by atoms with E-state index in [2.05, 4.69) is 19.2 Å². The van der Waals surface area contributed by atoms with Gasteiger partial charge in [0, 0.05) is 12.8 Å². The molecule has 0 bridgehead atoms. The molecule has 6 nitrogen and oxygen atoms in total. The molecule has 0 saturated carbocycles. The SMILES string of the molecule is CCCCCCCCCCCCCCCCCCCCCCCCCC(O)C(CO)NC(=O)CCCCCCCCCCCCCCCCCCCCCCCCCCCCCCCCCCCCCOC(=O)CCCCCCCCCCCCCCCCCCCCC. The van der Waals surface area contributed by atoms with Crippen LogP contribution in [0.2, 0.25) is 0 Å². The van der Waals surface area contributed by atoms with Crippen LogP contribution in [0.15, 0.2) is 0 Å². The van der Waals surface area contributed by atoms with Crippen molar-refractivity contribution in [1.82, 2.24) is 5.32 Å². The summed E-state index contributed by atoms with van der Waals surface area (Å²) in [5.74, 6) is 0.00657. The van der Waals surface area contributed by atoms with E-state index in [0.29, 0.717) is 25.9 Å². The summed E-state index contributed by atoms with van der Waals surface area (Å²) in [7, 11) is 0. The molecular weight excluding hydrogens is 1150 g/mol. The maximum Gasteiger partial charge on any atom is 0.305 e. The van der Waals surface area contributed by atoms with E-state index in [1.54, 1.807) is 0 Å². The number of esters is 1. The number of ether oxygens (including phenoxy) is 1. The highest BCUT2D eigenvalue weighted by atomic mass is 16.5. The van der Waals surface area contributed by atoms with Crippen molar-refractivity contribution in [3.05, 3.63) is 0 Å². The lowest BCUT2D eigenvalue weighted by molar-refractivity contribution is -0.143. The summed E-state index contributed by atoms with van der Waals surface area (Å²) in [6.45, 7) is 5.03. The van der Waals surface area contributed by atoms with Gasteiger partial charge in [0.15, 0.2) is 0 Å². The van der Waals surface area contributed by atoms with Crippen LogP contribution in [0.1, 0.15) is 528 Å². The van der Waals surface area contributed by atoms with Crippen LogP contribution >= 0.6 is 0 Å². The van der Waals surface area contributed by atoms with Crippen molar-refractivity contribution in [2.75, 3.05) is 13.2 Å². The van der Waals surface area contributed by atoms with Gasteiger partial charge in [0.05, 0.1) is 25.4 Å². The normalized spacial score (nSPS) is 12.3. The maximum atomic E-state index is 12.6. The summed E-state index contributed by atoms with van der Waals surface area (Å²) in [6.07, 6.45) is 107. The first-order valence-corrected chi connectivity index (χ1v) is 44.3. The third kappa shape index (κ3) is 79.8. The molecule has 3 N–H and O–H groups in total. The minimum absolute atomic E-state index is 0.0227. The van der Waals surface area contributed by atoms with Gasteiger partial charge in [-0.25, -0.2) is 0 Å². The standard InChI is InChI=1S/C88H175NO5/c1-3-5-7-9-11-13-15-17-19-21-23-24-38-41-45-48-52-56-60-64-68-72-76-80-86(91)85(84-90)89-87(92)81-77-73-69-65-61-57-53-49-46-42-39-36-34-32-30-28-26-25-27-29-31-33-35-37-40-43-47-51-55-59-63-67-71-75-79-83-94-88(93)82-78-74-70-66-62-58-54-50-44-22-20-18-16-14-12-10-8-6-4-2/h85-86,90-91H,3-84H2,1-2H3,(H,89,92). The lowest BCUT2D eigenvalue weighted by atomic mass is 10.0. The summed E-state index contributed by atoms with van der Waals surface area (Å²) < 4.78 is 5.53. The van der Waals surface area contributed by atoms with Crippen molar-refractivity contribution in [1.29, 1.82) is 0 Å². The Balaban J connectivity index is 3.29. The Hall–Kier alpha value is -1.14. The summed E-state index contributed by atoms with van der Waals surface area (Å²) in [5, 5.41) is 23.5. The van der Waals surface area contributed by atoms with Gasteiger partial charge in [-0.1, -0.05) is 489 Å². The number of carbonyl (C=O) groups is 2. The maximum absolute atomic E-state index is 12.6. The third-order valence-electron chi connectivity index (χ3n) is 21.4.